The number of ether oxygens (including phenoxy) is 2. The summed E-state index contributed by atoms with van der Waals surface area (Å²) in [7, 11) is 3.33. The minimum atomic E-state index is 0.690. The summed E-state index contributed by atoms with van der Waals surface area (Å²) in [6.07, 6.45) is 0.975. The van der Waals surface area contributed by atoms with E-state index < -0.39 is 0 Å². The van der Waals surface area contributed by atoms with Crippen molar-refractivity contribution in [1.82, 2.24) is 10.3 Å². The molecule has 0 unspecified atom stereocenters. The predicted molar refractivity (Wildman–Crippen MR) is 121 cm³/mol. The van der Waals surface area contributed by atoms with Gasteiger partial charge in [0.15, 0.2) is 11.5 Å². The molecule has 0 spiro atoms. The monoisotopic (exact) mass is 448 g/mol. The lowest BCUT2D eigenvalue weighted by atomic mass is 9.90. The Balaban J connectivity index is 1.90. The molecule has 4 aromatic rings. The molecule has 0 atom stereocenters. The van der Waals surface area contributed by atoms with E-state index in [4.69, 9.17) is 14.5 Å². The maximum absolute atomic E-state index is 5.74. The number of hydrogen-bond acceptors (Lipinski definition) is 4. The number of aromatic nitrogens is 1. The summed E-state index contributed by atoms with van der Waals surface area (Å²) in [5, 5.41) is 7.30. The lowest BCUT2D eigenvalue weighted by Gasteiger charge is -2.24. The van der Waals surface area contributed by atoms with Gasteiger partial charge in [0.2, 0.25) is 0 Å². The predicted octanol–water partition coefficient (Wildman–Crippen LogP) is 5.48. The van der Waals surface area contributed by atoms with Gasteiger partial charge in [0.25, 0.3) is 0 Å². The molecule has 0 bridgehead atoms. The third kappa shape index (κ3) is 2.96. The molecule has 2 heterocycles. The van der Waals surface area contributed by atoms with Crippen LogP contribution in [-0.4, -0.2) is 25.7 Å². The SMILES string of the molecule is COc1cc(Br)cc(-c2nc3ccc4ccccc4c3c3c2CNCC3)c1OC. The highest BCUT2D eigenvalue weighted by atomic mass is 79.9. The van der Waals surface area contributed by atoms with Gasteiger partial charge in [0, 0.05) is 22.0 Å². The number of methoxy groups -OCH3 is 2. The zero-order valence-corrected chi connectivity index (χ0v) is 18.0. The van der Waals surface area contributed by atoms with Crippen molar-refractivity contribution >= 4 is 37.6 Å². The molecule has 1 N–H and O–H groups in total. The number of fused-ring (bicyclic) bond motifs is 5. The summed E-state index contributed by atoms with van der Waals surface area (Å²) in [6.45, 7) is 1.75. The number of nitrogens with zero attached hydrogens (tertiary/aromatic N) is 1. The van der Waals surface area contributed by atoms with E-state index in [2.05, 4.69) is 63.7 Å². The zero-order chi connectivity index (χ0) is 20.0. The third-order valence-corrected chi connectivity index (χ3v) is 6.10. The van der Waals surface area contributed by atoms with E-state index in [-0.39, 0.29) is 0 Å². The van der Waals surface area contributed by atoms with Crippen LogP contribution in [0.25, 0.3) is 32.9 Å². The van der Waals surface area contributed by atoms with E-state index in [1.165, 1.54) is 27.3 Å². The van der Waals surface area contributed by atoms with Crippen LogP contribution in [0.2, 0.25) is 0 Å². The van der Waals surface area contributed by atoms with Crippen molar-refractivity contribution in [2.75, 3.05) is 20.8 Å². The Hall–Kier alpha value is -2.63. The Labute approximate surface area is 178 Å². The molecule has 0 saturated heterocycles. The van der Waals surface area contributed by atoms with Crippen molar-refractivity contribution in [3.8, 4) is 22.8 Å². The van der Waals surface area contributed by atoms with Crippen LogP contribution < -0.4 is 14.8 Å². The van der Waals surface area contributed by atoms with Gasteiger partial charge in [0.05, 0.1) is 25.4 Å². The summed E-state index contributed by atoms with van der Waals surface area (Å²) in [5.74, 6) is 1.39. The highest BCUT2D eigenvalue weighted by Gasteiger charge is 2.24. The Kier molecular flexibility index (Phi) is 4.64. The Morgan fingerprint density at radius 3 is 2.69 bits per heavy atom. The first-order chi connectivity index (χ1) is 14.2. The Morgan fingerprint density at radius 2 is 1.86 bits per heavy atom. The second-order valence-electron chi connectivity index (χ2n) is 7.21. The lowest BCUT2D eigenvalue weighted by Crippen LogP contribution is -2.25. The molecule has 146 valence electrons. The summed E-state index contributed by atoms with van der Waals surface area (Å²) in [5.41, 5.74) is 5.51. The van der Waals surface area contributed by atoms with Gasteiger partial charge in [-0.15, -0.1) is 0 Å². The molecule has 1 aliphatic heterocycles. The molecule has 0 fully saturated rings. The molecule has 0 saturated carbocycles. The molecular weight excluding hydrogens is 428 g/mol. The average molecular weight is 449 g/mol. The normalized spacial score (nSPS) is 13.5. The molecular formula is C24H21BrN2O2. The number of benzene rings is 3. The summed E-state index contributed by atoms with van der Waals surface area (Å²) in [6, 6.07) is 16.8. The van der Waals surface area contributed by atoms with E-state index in [0.717, 1.165) is 40.8 Å². The number of hydrogen-bond donors (Lipinski definition) is 1. The van der Waals surface area contributed by atoms with E-state index in [1.807, 2.05) is 6.07 Å². The summed E-state index contributed by atoms with van der Waals surface area (Å²) in [4.78, 5) is 5.14. The van der Waals surface area contributed by atoms with Crippen LogP contribution in [0, 0.1) is 0 Å². The number of pyridine rings is 1. The van der Waals surface area contributed by atoms with Gasteiger partial charge in [-0.05, 0) is 53.1 Å². The first-order valence-electron chi connectivity index (χ1n) is 9.67. The Morgan fingerprint density at radius 1 is 1.00 bits per heavy atom. The fourth-order valence-electron chi connectivity index (χ4n) is 4.37. The van der Waals surface area contributed by atoms with E-state index in [1.54, 1.807) is 14.2 Å². The smallest absolute Gasteiger partial charge is 0.170 e. The molecule has 0 radical (unpaired) electrons. The van der Waals surface area contributed by atoms with Crippen LogP contribution >= 0.6 is 15.9 Å². The van der Waals surface area contributed by atoms with Crippen molar-refractivity contribution in [3.05, 3.63) is 64.1 Å². The molecule has 1 aliphatic rings. The van der Waals surface area contributed by atoms with Crippen LogP contribution in [0.15, 0.2) is 53.0 Å². The second kappa shape index (κ2) is 7.32. The van der Waals surface area contributed by atoms with E-state index >= 15 is 0 Å². The number of halogens is 1. The molecule has 3 aromatic carbocycles. The number of nitrogens with one attached hydrogen (secondary N) is 1. The number of rotatable bonds is 3. The van der Waals surface area contributed by atoms with Gasteiger partial charge in [-0.25, -0.2) is 4.98 Å². The van der Waals surface area contributed by atoms with Crippen molar-refractivity contribution in [2.24, 2.45) is 0 Å². The summed E-state index contributed by atoms with van der Waals surface area (Å²) >= 11 is 3.61. The summed E-state index contributed by atoms with van der Waals surface area (Å²) < 4.78 is 12.2. The highest BCUT2D eigenvalue weighted by Crippen LogP contribution is 2.44. The topological polar surface area (TPSA) is 43.4 Å². The largest absolute Gasteiger partial charge is 0.493 e. The molecule has 0 aliphatic carbocycles. The Bertz CT molecular complexity index is 1250. The molecule has 4 nitrogen and oxygen atoms in total. The van der Waals surface area contributed by atoms with Gasteiger partial charge in [-0.1, -0.05) is 46.3 Å². The van der Waals surface area contributed by atoms with E-state index in [9.17, 15) is 0 Å². The fourth-order valence-corrected chi connectivity index (χ4v) is 4.81. The van der Waals surface area contributed by atoms with Crippen LogP contribution in [0.1, 0.15) is 11.1 Å². The maximum atomic E-state index is 5.74. The fraction of sp³-hybridized carbons (Fsp3) is 0.208. The highest BCUT2D eigenvalue weighted by molar-refractivity contribution is 9.10. The standard InChI is InChI=1S/C24H21BrN2O2/c1-28-21-12-15(25)11-18(24(21)29-2)23-19-13-26-10-9-17(19)22-16-6-4-3-5-14(16)7-8-20(22)27-23/h3-8,11-12,26H,9-10,13H2,1-2H3. The van der Waals surface area contributed by atoms with Gasteiger partial charge in [-0.3, -0.25) is 0 Å². The first-order valence-corrected chi connectivity index (χ1v) is 10.5. The lowest BCUT2D eigenvalue weighted by molar-refractivity contribution is 0.356. The van der Waals surface area contributed by atoms with Crippen LogP contribution in [0.3, 0.4) is 0 Å². The zero-order valence-electron chi connectivity index (χ0n) is 16.4. The maximum Gasteiger partial charge on any atom is 0.170 e. The molecule has 0 amide bonds. The second-order valence-corrected chi connectivity index (χ2v) is 8.13. The van der Waals surface area contributed by atoms with Gasteiger partial charge in [0.1, 0.15) is 0 Å². The van der Waals surface area contributed by atoms with Gasteiger partial charge in [-0.2, -0.15) is 0 Å². The molecule has 1 aromatic heterocycles. The van der Waals surface area contributed by atoms with Crippen LogP contribution in [0.4, 0.5) is 0 Å². The quantitative estimate of drug-likeness (QED) is 0.421. The van der Waals surface area contributed by atoms with Crippen molar-refractivity contribution in [3.63, 3.8) is 0 Å². The minimum Gasteiger partial charge on any atom is -0.493 e. The van der Waals surface area contributed by atoms with Crippen molar-refractivity contribution < 1.29 is 9.47 Å². The van der Waals surface area contributed by atoms with Crippen LogP contribution in [-0.2, 0) is 13.0 Å². The third-order valence-electron chi connectivity index (χ3n) is 5.64. The first kappa shape index (κ1) is 18.4. The van der Waals surface area contributed by atoms with Crippen molar-refractivity contribution in [2.45, 2.75) is 13.0 Å². The van der Waals surface area contributed by atoms with E-state index in [0.29, 0.717) is 11.5 Å². The van der Waals surface area contributed by atoms with Crippen LogP contribution in [0.5, 0.6) is 11.5 Å². The van der Waals surface area contributed by atoms with Gasteiger partial charge < -0.3 is 14.8 Å². The minimum absolute atomic E-state index is 0.690. The average Bonchev–Trinajstić information content (AvgIpc) is 2.77. The van der Waals surface area contributed by atoms with Gasteiger partial charge >= 0.3 is 0 Å². The molecule has 5 rings (SSSR count). The molecule has 5 heteroatoms. The van der Waals surface area contributed by atoms with Crippen molar-refractivity contribution in [1.29, 1.82) is 0 Å². The molecule has 29 heavy (non-hydrogen) atoms.